The molecule has 1 amide bonds. The van der Waals surface area contributed by atoms with E-state index in [-0.39, 0.29) is 18.0 Å². The zero-order valence-electron chi connectivity index (χ0n) is 12.7. The van der Waals surface area contributed by atoms with Gasteiger partial charge in [-0.25, -0.2) is 0 Å². The van der Waals surface area contributed by atoms with E-state index in [0.717, 1.165) is 0 Å². The molecule has 2 aromatic heterocycles. The summed E-state index contributed by atoms with van der Waals surface area (Å²) in [6.45, 7) is 5.17. The third-order valence-corrected chi connectivity index (χ3v) is 4.50. The van der Waals surface area contributed by atoms with Gasteiger partial charge in [0.05, 0.1) is 19.1 Å². The summed E-state index contributed by atoms with van der Waals surface area (Å²) >= 11 is 1.67. The van der Waals surface area contributed by atoms with Crippen molar-refractivity contribution in [2.24, 2.45) is 0 Å². The van der Waals surface area contributed by atoms with E-state index in [9.17, 15) is 4.79 Å². The van der Waals surface area contributed by atoms with Crippen LogP contribution in [0.2, 0.25) is 0 Å². The van der Waals surface area contributed by atoms with Crippen LogP contribution in [0.4, 0.5) is 0 Å². The number of carbonyl (C=O) groups is 1. The average Bonchev–Trinajstić information content (AvgIpc) is 3.16. The molecule has 6 heteroatoms. The zero-order chi connectivity index (χ0) is 15.2. The molecule has 2 heterocycles. The van der Waals surface area contributed by atoms with Gasteiger partial charge < -0.3 is 10.2 Å². The molecule has 1 N–H and O–H groups in total. The van der Waals surface area contributed by atoms with Crippen LogP contribution in [0, 0.1) is 0 Å². The van der Waals surface area contributed by atoms with E-state index in [0.29, 0.717) is 13.1 Å². The Hall–Kier alpha value is -1.66. The maximum atomic E-state index is 12.1. The first kappa shape index (κ1) is 15.7. The number of hydrogen-bond acceptors (Lipinski definition) is 4. The highest BCUT2D eigenvalue weighted by Crippen LogP contribution is 2.11. The fraction of sp³-hybridized carbons (Fsp3) is 0.467. The SMILES string of the molecule is CC(NCC(=O)N(C)Cc1cccs1)C(C)n1cccn1. The topological polar surface area (TPSA) is 50.2 Å². The number of hydrogen-bond donors (Lipinski definition) is 1. The predicted octanol–water partition coefficient (Wildman–Crippen LogP) is 2.14. The molecular formula is C15H22N4OS. The van der Waals surface area contributed by atoms with Crippen molar-refractivity contribution in [1.82, 2.24) is 20.0 Å². The molecule has 2 rings (SSSR count). The molecule has 0 saturated heterocycles. The Kier molecular flexibility index (Phi) is 5.52. The molecule has 114 valence electrons. The van der Waals surface area contributed by atoms with E-state index < -0.39 is 0 Å². The van der Waals surface area contributed by atoms with Crippen molar-refractivity contribution in [1.29, 1.82) is 0 Å². The summed E-state index contributed by atoms with van der Waals surface area (Å²) in [4.78, 5) is 15.1. The van der Waals surface area contributed by atoms with Gasteiger partial charge in [0.2, 0.25) is 5.91 Å². The van der Waals surface area contributed by atoms with Crippen LogP contribution >= 0.6 is 11.3 Å². The van der Waals surface area contributed by atoms with E-state index in [4.69, 9.17) is 0 Å². The van der Waals surface area contributed by atoms with Crippen molar-refractivity contribution in [3.63, 3.8) is 0 Å². The molecule has 0 radical (unpaired) electrons. The fourth-order valence-corrected chi connectivity index (χ4v) is 2.79. The number of likely N-dealkylation sites (N-methyl/N-ethyl adjacent to an activating group) is 1. The van der Waals surface area contributed by atoms with Gasteiger partial charge in [-0.3, -0.25) is 9.48 Å². The monoisotopic (exact) mass is 306 g/mol. The number of rotatable bonds is 7. The summed E-state index contributed by atoms with van der Waals surface area (Å²) in [7, 11) is 1.84. The lowest BCUT2D eigenvalue weighted by Gasteiger charge is -2.23. The Bertz CT molecular complexity index is 538. The lowest BCUT2D eigenvalue weighted by molar-refractivity contribution is -0.129. The quantitative estimate of drug-likeness (QED) is 0.852. The Balaban J connectivity index is 1.77. The van der Waals surface area contributed by atoms with E-state index >= 15 is 0 Å². The van der Waals surface area contributed by atoms with Crippen molar-refractivity contribution in [3.8, 4) is 0 Å². The number of carbonyl (C=O) groups excluding carboxylic acids is 1. The van der Waals surface area contributed by atoms with Gasteiger partial charge in [0, 0.05) is 30.4 Å². The molecule has 0 aliphatic heterocycles. The highest BCUT2D eigenvalue weighted by Gasteiger charge is 2.16. The van der Waals surface area contributed by atoms with E-state index in [1.54, 1.807) is 22.4 Å². The fourth-order valence-electron chi connectivity index (χ4n) is 2.03. The first-order chi connectivity index (χ1) is 10.1. The summed E-state index contributed by atoms with van der Waals surface area (Å²) in [6.07, 6.45) is 3.71. The standard InChI is InChI=1S/C15H22N4OS/c1-12(13(2)19-8-5-7-17-19)16-10-15(20)18(3)11-14-6-4-9-21-14/h4-9,12-13,16H,10-11H2,1-3H3. The van der Waals surface area contributed by atoms with Crippen LogP contribution in [-0.2, 0) is 11.3 Å². The zero-order valence-corrected chi connectivity index (χ0v) is 13.5. The van der Waals surface area contributed by atoms with Gasteiger partial charge in [-0.1, -0.05) is 6.07 Å². The highest BCUT2D eigenvalue weighted by molar-refractivity contribution is 7.09. The van der Waals surface area contributed by atoms with Gasteiger partial charge >= 0.3 is 0 Å². The van der Waals surface area contributed by atoms with Crippen molar-refractivity contribution in [2.45, 2.75) is 32.5 Å². The number of thiophene rings is 1. The molecule has 2 atom stereocenters. The Labute approximate surface area is 129 Å². The van der Waals surface area contributed by atoms with E-state index in [1.165, 1.54) is 4.88 Å². The number of nitrogens with one attached hydrogen (secondary N) is 1. The molecule has 0 bridgehead atoms. The van der Waals surface area contributed by atoms with Crippen LogP contribution < -0.4 is 5.32 Å². The minimum absolute atomic E-state index is 0.0999. The maximum absolute atomic E-state index is 12.1. The second-order valence-corrected chi connectivity index (χ2v) is 6.26. The van der Waals surface area contributed by atoms with Crippen molar-refractivity contribution in [3.05, 3.63) is 40.8 Å². The van der Waals surface area contributed by atoms with E-state index in [1.807, 2.05) is 41.5 Å². The van der Waals surface area contributed by atoms with Crippen molar-refractivity contribution < 1.29 is 4.79 Å². The normalized spacial score (nSPS) is 13.9. The molecule has 0 spiro atoms. The van der Waals surface area contributed by atoms with Crippen LogP contribution in [0.15, 0.2) is 36.0 Å². The molecular weight excluding hydrogens is 284 g/mol. The first-order valence-electron chi connectivity index (χ1n) is 7.06. The van der Waals surface area contributed by atoms with Crippen LogP contribution in [0.25, 0.3) is 0 Å². The molecule has 0 aliphatic rings. The summed E-state index contributed by atoms with van der Waals surface area (Å²) in [5.41, 5.74) is 0. The van der Waals surface area contributed by atoms with Gasteiger partial charge in [0.15, 0.2) is 0 Å². The van der Waals surface area contributed by atoms with Gasteiger partial charge in [-0.05, 0) is 31.4 Å². The minimum Gasteiger partial charge on any atom is -0.340 e. The number of aromatic nitrogens is 2. The smallest absolute Gasteiger partial charge is 0.236 e. The molecule has 0 saturated carbocycles. The van der Waals surface area contributed by atoms with Gasteiger partial charge in [0.1, 0.15) is 0 Å². The van der Waals surface area contributed by atoms with Crippen molar-refractivity contribution in [2.75, 3.05) is 13.6 Å². The lowest BCUT2D eigenvalue weighted by atomic mass is 10.2. The molecule has 21 heavy (non-hydrogen) atoms. The highest BCUT2D eigenvalue weighted by atomic mass is 32.1. The third-order valence-electron chi connectivity index (χ3n) is 3.64. The third kappa shape index (κ3) is 4.41. The van der Waals surface area contributed by atoms with Crippen LogP contribution in [0.3, 0.4) is 0 Å². The van der Waals surface area contributed by atoms with Crippen LogP contribution in [0.1, 0.15) is 24.8 Å². The molecule has 2 aromatic rings. The lowest BCUT2D eigenvalue weighted by Crippen LogP contribution is -2.41. The molecule has 0 aromatic carbocycles. The second kappa shape index (κ2) is 7.38. The van der Waals surface area contributed by atoms with Gasteiger partial charge in [-0.2, -0.15) is 5.10 Å². The van der Waals surface area contributed by atoms with Gasteiger partial charge in [0.25, 0.3) is 0 Å². The predicted molar refractivity (Wildman–Crippen MR) is 85.2 cm³/mol. The summed E-state index contributed by atoms with van der Waals surface area (Å²) in [5.74, 6) is 0.0999. The largest absolute Gasteiger partial charge is 0.340 e. The first-order valence-corrected chi connectivity index (χ1v) is 7.94. The summed E-state index contributed by atoms with van der Waals surface area (Å²) in [5, 5.41) is 9.54. The minimum atomic E-state index is 0.0999. The van der Waals surface area contributed by atoms with Crippen LogP contribution in [-0.4, -0.2) is 40.2 Å². The molecule has 2 unspecified atom stereocenters. The molecule has 0 fully saturated rings. The molecule has 5 nitrogen and oxygen atoms in total. The van der Waals surface area contributed by atoms with Crippen LogP contribution in [0.5, 0.6) is 0 Å². The molecule has 0 aliphatic carbocycles. The summed E-state index contributed by atoms with van der Waals surface area (Å²) in [6, 6.07) is 6.33. The second-order valence-electron chi connectivity index (χ2n) is 5.23. The number of nitrogens with zero attached hydrogens (tertiary/aromatic N) is 3. The average molecular weight is 306 g/mol. The summed E-state index contributed by atoms with van der Waals surface area (Å²) < 4.78 is 1.90. The maximum Gasteiger partial charge on any atom is 0.236 e. The van der Waals surface area contributed by atoms with E-state index in [2.05, 4.69) is 24.3 Å². The Morgan fingerprint density at radius 3 is 2.90 bits per heavy atom. The Morgan fingerprint density at radius 2 is 2.29 bits per heavy atom. The van der Waals surface area contributed by atoms with Gasteiger partial charge in [-0.15, -0.1) is 11.3 Å². The Morgan fingerprint density at radius 1 is 1.48 bits per heavy atom. The van der Waals surface area contributed by atoms with Crippen molar-refractivity contribution >= 4 is 17.2 Å². The number of amides is 1.